The van der Waals surface area contributed by atoms with Crippen molar-refractivity contribution in [3.8, 4) is 0 Å². The van der Waals surface area contributed by atoms with Crippen LogP contribution in [0.5, 0.6) is 0 Å². The molecule has 6 heteroatoms. The van der Waals surface area contributed by atoms with Crippen LogP contribution in [-0.2, 0) is 20.3 Å². The van der Waals surface area contributed by atoms with Crippen molar-refractivity contribution in [1.29, 1.82) is 0 Å². The molecule has 1 N–H and O–H groups in total. The molecule has 2 atom stereocenters. The molecule has 0 saturated carbocycles. The first-order chi connectivity index (χ1) is 12.3. The van der Waals surface area contributed by atoms with E-state index in [-0.39, 0.29) is 5.56 Å². The van der Waals surface area contributed by atoms with Crippen LogP contribution in [0.25, 0.3) is 0 Å². The van der Waals surface area contributed by atoms with Crippen LogP contribution in [0.3, 0.4) is 0 Å². The molecule has 0 aromatic heterocycles. The van der Waals surface area contributed by atoms with E-state index in [9.17, 15) is 13.8 Å². The first kappa shape index (κ1) is 19.8. The van der Waals surface area contributed by atoms with E-state index in [4.69, 9.17) is 4.74 Å². The SMILES string of the molecule is CC[S@@](=O)c1ccccc1C(=O)O[C@H](C)C(=O)Nc1cc(C)ccc1C. The summed E-state index contributed by atoms with van der Waals surface area (Å²) in [6.07, 6.45) is -0.981. The van der Waals surface area contributed by atoms with Gasteiger partial charge in [0.15, 0.2) is 6.10 Å². The Morgan fingerprint density at radius 3 is 2.54 bits per heavy atom. The summed E-state index contributed by atoms with van der Waals surface area (Å²) < 4.78 is 17.4. The lowest BCUT2D eigenvalue weighted by Gasteiger charge is -2.16. The molecule has 0 fully saturated rings. The topological polar surface area (TPSA) is 72.5 Å². The van der Waals surface area contributed by atoms with Crippen molar-refractivity contribution < 1.29 is 18.5 Å². The lowest BCUT2D eigenvalue weighted by atomic mass is 10.1. The van der Waals surface area contributed by atoms with Gasteiger partial charge in [0, 0.05) is 11.4 Å². The highest BCUT2D eigenvalue weighted by Crippen LogP contribution is 2.18. The van der Waals surface area contributed by atoms with E-state index in [2.05, 4.69) is 5.32 Å². The molecule has 0 aliphatic carbocycles. The highest BCUT2D eigenvalue weighted by molar-refractivity contribution is 7.85. The Morgan fingerprint density at radius 1 is 1.15 bits per heavy atom. The highest BCUT2D eigenvalue weighted by Gasteiger charge is 2.22. The lowest BCUT2D eigenvalue weighted by molar-refractivity contribution is -0.123. The Kier molecular flexibility index (Phi) is 6.69. The van der Waals surface area contributed by atoms with E-state index < -0.39 is 28.8 Å². The largest absolute Gasteiger partial charge is 0.449 e. The van der Waals surface area contributed by atoms with Crippen molar-refractivity contribution in [3.05, 3.63) is 59.2 Å². The Morgan fingerprint density at radius 2 is 1.85 bits per heavy atom. The van der Waals surface area contributed by atoms with Gasteiger partial charge in [0.05, 0.1) is 21.3 Å². The Balaban J connectivity index is 2.11. The minimum absolute atomic E-state index is 0.221. The molecule has 1 amide bonds. The second-order valence-electron chi connectivity index (χ2n) is 5.99. The van der Waals surface area contributed by atoms with Crippen LogP contribution in [0.4, 0.5) is 5.69 Å². The molecule has 2 rings (SSSR count). The first-order valence-electron chi connectivity index (χ1n) is 8.40. The second-order valence-corrected chi connectivity index (χ2v) is 7.69. The average Bonchev–Trinajstić information content (AvgIpc) is 2.63. The summed E-state index contributed by atoms with van der Waals surface area (Å²) in [6, 6.07) is 12.3. The normalized spacial score (nSPS) is 12.9. The van der Waals surface area contributed by atoms with Crippen LogP contribution in [0.2, 0.25) is 0 Å². The zero-order valence-corrected chi connectivity index (χ0v) is 16.2. The second kappa shape index (κ2) is 8.76. The molecule has 0 spiro atoms. The van der Waals surface area contributed by atoms with E-state index in [0.717, 1.165) is 11.1 Å². The maximum atomic E-state index is 12.4. The van der Waals surface area contributed by atoms with Crippen molar-refractivity contribution in [3.63, 3.8) is 0 Å². The molecule has 0 aliphatic heterocycles. The number of rotatable bonds is 6. The van der Waals surface area contributed by atoms with Crippen LogP contribution in [0.15, 0.2) is 47.4 Å². The number of amides is 1. The predicted molar refractivity (Wildman–Crippen MR) is 103 cm³/mol. The Labute approximate surface area is 156 Å². The summed E-state index contributed by atoms with van der Waals surface area (Å²) in [4.78, 5) is 25.2. The van der Waals surface area contributed by atoms with Gasteiger partial charge in [0.1, 0.15) is 0 Å². The standard InChI is InChI=1S/C20H23NO4S/c1-5-26(24)18-9-7-6-8-16(18)20(23)25-15(4)19(22)21-17-12-13(2)10-11-14(17)3/h6-12,15H,5H2,1-4H3,(H,21,22)/t15-,26-/m1/s1. The summed E-state index contributed by atoms with van der Waals surface area (Å²) in [6.45, 7) is 7.11. The van der Waals surface area contributed by atoms with Gasteiger partial charge in [0.2, 0.25) is 0 Å². The minimum Gasteiger partial charge on any atom is -0.449 e. The molecule has 2 aromatic carbocycles. The van der Waals surface area contributed by atoms with Gasteiger partial charge in [-0.05, 0) is 50.1 Å². The van der Waals surface area contributed by atoms with E-state index in [1.807, 2.05) is 32.0 Å². The number of carbonyl (C=O) groups is 2. The van der Waals surface area contributed by atoms with Gasteiger partial charge in [-0.15, -0.1) is 0 Å². The molecular weight excluding hydrogens is 350 g/mol. The number of ether oxygens (including phenoxy) is 1. The van der Waals surface area contributed by atoms with Crippen LogP contribution in [0, 0.1) is 13.8 Å². The highest BCUT2D eigenvalue weighted by atomic mass is 32.2. The number of aryl methyl sites for hydroxylation is 2. The minimum atomic E-state index is -1.29. The molecule has 2 aromatic rings. The van der Waals surface area contributed by atoms with Crippen molar-refractivity contribution >= 4 is 28.4 Å². The molecule has 0 radical (unpaired) electrons. The first-order valence-corrected chi connectivity index (χ1v) is 9.71. The zero-order chi connectivity index (χ0) is 19.3. The number of anilines is 1. The Hall–Kier alpha value is -2.47. The molecule has 0 aliphatic rings. The fourth-order valence-electron chi connectivity index (χ4n) is 2.37. The average molecular weight is 373 g/mol. The van der Waals surface area contributed by atoms with Crippen molar-refractivity contribution in [2.45, 2.75) is 38.7 Å². The number of carbonyl (C=O) groups excluding carboxylic acids is 2. The molecule has 138 valence electrons. The van der Waals surface area contributed by atoms with Crippen molar-refractivity contribution in [2.24, 2.45) is 0 Å². The van der Waals surface area contributed by atoms with Gasteiger partial charge in [-0.2, -0.15) is 0 Å². The van der Waals surface area contributed by atoms with E-state index in [1.54, 1.807) is 31.2 Å². The molecule has 5 nitrogen and oxygen atoms in total. The molecule has 0 bridgehead atoms. The lowest BCUT2D eigenvalue weighted by Crippen LogP contribution is -2.30. The third-order valence-electron chi connectivity index (χ3n) is 3.92. The summed E-state index contributed by atoms with van der Waals surface area (Å²) in [5, 5.41) is 2.78. The van der Waals surface area contributed by atoms with E-state index >= 15 is 0 Å². The third kappa shape index (κ3) is 4.79. The van der Waals surface area contributed by atoms with Crippen LogP contribution in [-0.4, -0.2) is 27.9 Å². The fraction of sp³-hybridized carbons (Fsp3) is 0.300. The number of esters is 1. The quantitative estimate of drug-likeness (QED) is 0.785. The maximum Gasteiger partial charge on any atom is 0.340 e. The van der Waals surface area contributed by atoms with Crippen LogP contribution >= 0.6 is 0 Å². The van der Waals surface area contributed by atoms with Gasteiger partial charge in [-0.1, -0.05) is 31.2 Å². The molecule has 0 saturated heterocycles. The van der Waals surface area contributed by atoms with E-state index in [1.165, 1.54) is 6.92 Å². The summed E-state index contributed by atoms with van der Waals surface area (Å²) in [5.41, 5.74) is 2.85. The monoisotopic (exact) mass is 373 g/mol. The summed E-state index contributed by atoms with van der Waals surface area (Å²) >= 11 is 0. The maximum absolute atomic E-state index is 12.4. The predicted octanol–water partition coefficient (Wildman–Crippen LogP) is 3.61. The van der Waals surface area contributed by atoms with Crippen molar-refractivity contribution in [1.82, 2.24) is 0 Å². The van der Waals surface area contributed by atoms with Gasteiger partial charge >= 0.3 is 5.97 Å². The van der Waals surface area contributed by atoms with Crippen molar-refractivity contribution in [2.75, 3.05) is 11.1 Å². The van der Waals surface area contributed by atoms with Crippen LogP contribution < -0.4 is 5.32 Å². The number of benzene rings is 2. The molecule has 0 unspecified atom stereocenters. The van der Waals surface area contributed by atoms with Gasteiger partial charge in [-0.25, -0.2) is 4.79 Å². The Bertz CT molecular complexity index is 847. The third-order valence-corrected chi connectivity index (χ3v) is 5.29. The van der Waals surface area contributed by atoms with Gasteiger partial charge < -0.3 is 10.1 Å². The smallest absolute Gasteiger partial charge is 0.340 e. The molecule has 26 heavy (non-hydrogen) atoms. The number of hydrogen-bond acceptors (Lipinski definition) is 4. The molecular formula is C20H23NO4S. The zero-order valence-electron chi connectivity index (χ0n) is 15.4. The number of nitrogens with one attached hydrogen (secondary N) is 1. The number of hydrogen-bond donors (Lipinski definition) is 1. The summed E-state index contributed by atoms with van der Waals surface area (Å²) in [7, 11) is -1.29. The summed E-state index contributed by atoms with van der Waals surface area (Å²) in [5.74, 6) is -0.681. The van der Waals surface area contributed by atoms with Gasteiger partial charge in [-0.3, -0.25) is 9.00 Å². The van der Waals surface area contributed by atoms with E-state index in [0.29, 0.717) is 16.3 Å². The molecule has 0 heterocycles. The van der Waals surface area contributed by atoms with Gasteiger partial charge in [0.25, 0.3) is 5.91 Å². The fourth-order valence-corrected chi connectivity index (χ4v) is 3.31. The van der Waals surface area contributed by atoms with Crippen LogP contribution in [0.1, 0.15) is 35.3 Å².